The number of nitrogens with zero attached hydrogens (tertiary/aromatic N) is 1. The minimum Gasteiger partial charge on any atom is -0.491 e. The normalized spacial score (nSPS) is 18.0. The standard InChI is InChI=1S/C16H21BrN2O4/c1-3-16(4-2)14(21)19(15(22)18-16)9-12(20)10-23-13-7-5-6-11(17)8-13/h5-8,12,20H,3-4,9-10H2,1-2H3,(H,18,22). The summed E-state index contributed by atoms with van der Waals surface area (Å²) in [5.41, 5.74) is -0.845. The molecule has 0 spiro atoms. The van der Waals surface area contributed by atoms with Gasteiger partial charge in [0.25, 0.3) is 5.91 Å². The van der Waals surface area contributed by atoms with Crippen molar-refractivity contribution in [2.75, 3.05) is 13.2 Å². The number of carbonyl (C=O) groups excluding carboxylic acids is 2. The monoisotopic (exact) mass is 384 g/mol. The third-order valence-corrected chi connectivity index (χ3v) is 4.58. The van der Waals surface area contributed by atoms with Gasteiger partial charge in [0.2, 0.25) is 0 Å². The van der Waals surface area contributed by atoms with Gasteiger partial charge in [0.05, 0.1) is 6.54 Å². The maximum Gasteiger partial charge on any atom is 0.325 e. The molecular weight excluding hydrogens is 364 g/mol. The lowest BCUT2D eigenvalue weighted by Gasteiger charge is -2.24. The van der Waals surface area contributed by atoms with Gasteiger partial charge in [-0.25, -0.2) is 4.79 Å². The number of β-amino-alcohol motifs (C(OH)–C–C–N with tert-alkyl or cyclic N) is 1. The van der Waals surface area contributed by atoms with Crippen LogP contribution in [0.1, 0.15) is 26.7 Å². The van der Waals surface area contributed by atoms with Crippen molar-refractivity contribution in [3.8, 4) is 5.75 Å². The second kappa shape index (κ2) is 7.31. The molecule has 1 aliphatic rings. The minimum absolute atomic E-state index is 0.00123. The number of carbonyl (C=O) groups is 2. The second-order valence-electron chi connectivity index (χ2n) is 5.56. The second-order valence-corrected chi connectivity index (χ2v) is 6.47. The summed E-state index contributed by atoms with van der Waals surface area (Å²) in [7, 11) is 0. The van der Waals surface area contributed by atoms with E-state index in [9.17, 15) is 14.7 Å². The van der Waals surface area contributed by atoms with Gasteiger partial charge in [-0.15, -0.1) is 0 Å². The van der Waals surface area contributed by atoms with Gasteiger partial charge in [0, 0.05) is 4.47 Å². The highest BCUT2D eigenvalue weighted by Gasteiger charge is 2.48. The van der Waals surface area contributed by atoms with Gasteiger partial charge in [0.15, 0.2) is 0 Å². The van der Waals surface area contributed by atoms with Crippen molar-refractivity contribution in [1.29, 1.82) is 0 Å². The van der Waals surface area contributed by atoms with Crippen LogP contribution in [-0.4, -0.2) is 46.7 Å². The number of amides is 3. The van der Waals surface area contributed by atoms with E-state index < -0.39 is 17.7 Å². The predicted molar refractivity (Wildman–Crippen MR) is 89.2 cm³/mol. The Hall–Kier alpha value is -1.60. The first kappa shape index (κ1) is 17.7. The number of imide groups is 1. The number of halogens is 1. The molecule has 0 radical (unpaired) electrons. The van der Waals surface area contributed by atoms with Gasteiger partial charge in [0.1, 0.15) is 24.0 Å². The van der Waals surface area contributed by atoms with E-state index in [-0.39, 0.29) is 19.1 Å². The average molecular weight is 385 g/mol. The smallest absolute Gasteiger partial charge is 0.325 e. The number of ether oxygens (including phenoxy) is 1. The zero-order chi connectivity index (χ0) is 17.0. The SMILES string of the molecule is CCC1(CC)NC(=O)N(CC(O)COc2cccc(Br)c2)C1=O. The van der Waals surface area contributed by atoms with E-state index in [1.165, 1.54) is 0 Å². The van der Waals surface area contributed by atoms with Crippen molar-refractivity contribution in [1.82, 2.24) is 10.2 Å². The van der Waals surface area contributed by atoms with Crippen LogP contribution >= 0.6 is 15.9 Å². The Labute approximate surface area is 143 Å². The van der Waals surface area contributed by atoms with Crippen LogP contribution in [0.3, 0.4) is 0 Å². The number of urea groups is 1. The topological polar surface area (TPSA) is 78.9 Å². The summed E-state index contributed by atoms with van der Waals surface area (Å²) in [6.07, 6.45) is 0.0953. The van der Waals surface area contributed by atoms with Crippen LogP contribution in [0.5, 0.6) is 5.75 Å². The zero-order valence-electron chi connectivity index (χ0n) is 13.2. The van der Waals surface area contributed by atoms with Gasteiger partial charge in [-0.05, 0) is 31.0 Å². The number of aliphatic hydroxyl groups is 1. The predicted octanol–water partition coefficient (Wildman–Crippen LogP) is 2.30. The maximum atomic E-state index is 12.4. The van der Waals surface area contributed by atoms with Crippen LogP contribution in [0.4, 0.5) is 4.79 Å². The molecule has 0 aliphatic carbocycles. The van der Waals surface area contributed by atoms with E-state index in [1.807, 2.05) is 26.0 Å². The van der Waals surface area contributed by atoms with Crippen molar-refractivity contribution >= 4 is 27.9 Å². The first-order valence-corrected chi connectivity index (χ1v) is 8.41. The molecule has 1 aromatic carbocycles. The third-order valence-electron chi connectivity index (χ3n) is 4.08. The molecule has 1 atom stereocenters. The Morgan fingerprint density at radius 2 is 2.04 bits per heavy atom. The Kier molecular flexibility index (Phi) is 5.64. The Balaban J connectivity index is 1.93. The Morgan fingerprint density at radius 1 is 1.35 bits per heavy atom. The molecule has 1 unspecified atom stereocenters. The van der Waals surface area contributed by atoms with Crippen molar-refractivity contribution in [3.05, 3.63) is 28.7 Å². The van der Waals surface area contributed by atoms with Gasteiger partial charge >= 0.3 is 6.03 Å². The van der Waals surface area contributed by atoms with Crippen LogP contribution in [0, 0.1) is 0 Å². The van der Waals surface area contributed by atoms with Crippen molar-refractivity contribution in [2.24, 2.45) is 0 Å². The summed E-state index contributed by atoms with van der Waals surface area (Å²) in [6.45, 7) is 3.63. The fraction of sp³-hybridized carbons (Fsp3) is 0.500. The minimum atomic E-state index is -0.951. The summed E-state index contributed by atoms with van der Waals surface area (Å²) < 4.78 is 6.35. The number of aliphatic hydroxyl groups excluding tert-OH is 1. The van der Waals surface area contributed by atoms with Gasteiger partial charge in [-0.1, -0.05) is 35.8 Å². The molecule has 6 nitrogen and oxygen atoms in total. The largest absolute Gasteiger partial charge is 0.491 e. The van der Waals surface area contributed by atoms with Crippen molar-refractivity contribution < 1.29 is 19.4 Å². The van der Waals surface area contributed by atoms with Crippen LogP contribution in [-0.2, 0) is 4.79 Å². The molecule has 1 fully saturated rings. The lowest BCUT2D eigenvalue weighted by Crippen LogP contribution is -2.46. The molecule has 126 valence electrons. The summed E-state index contributed by atoms with van der Waals surface area (Å²) in [5, 5.41) is 12.8. The van der Waals surface area contributed by atoms with E-state index in [2.05, 4.69) is 21.2 Å². The highest BCUT2D eigenvalue weighted by atomic mass is 79.9. The summed E-state index contributed by atoms with van der Waals surface area (Å²) in [5.74, 6) is 0.320. The molecule has 2 rings (SSSR count). The molecule has 0 saturated carbocycles. The maximum absolute atomic E-state index is 12.4. The van der Waals surface area contributed by atoms with Gasteiger partial charge in [-0.2, -0.15) is 0 Å². The van der Waals surface area contributed by atoms with E-state index in [0.717, 1.165) is 9.37 Å². The number of nitrogens with one attached hydrogen (secondary N) is 1. The van der Waals surface area contributed by atoms with Gasteiger partial charge in [-0.3, -0.25) is 9.69 Å². The fourth-order valence-electron chi connectivity index (χ4n) is 2.58. The number of hydrogen-bond donors (Lipinski definition) is 2. The van der Waals surface area contributed by atoms with Crippen LogP contribution in [0.15, 0.2) is 28.7 Å². The van der Waals surface area contributed by atoms with Crippen molar-refractivity contribution in [3.63, 3.8) is 0 Å². The average Bonchev–Trinajstić information content (AvgIpc) is 2.78. The van der Waals surface area contributed by atoms with Crippen molar-refractivity contribution in [2.45, 2.75) is 38.3 Å². The number of hydrogen-bond acceptors (Lipinski definition) is 4. The van der Waals surface area contributed by atoms with Gasteiger partial charge < -0.3 is 15.2 Å². The zero-order valence-corrected chi connectivity index (χ0v) is 14.8. The molecule has 3 amide bonds. The highest BCUT2D eigenvalue weighted by molar-refractivity contribution is 9.10. The molecular formula is C16H21BrN2O4. The van der Waals surface area contributed by atoms with E-state index in [1.54, 1.807) is 12.1 Å². The lowest BCUT2D eigenvalue weighted by molar-refractivity contribution is -0.132. The first-order valence-electron chi connectivity index (χ1n) is 7.62. The van der Waals surface area contributed by atoms with E-state index in [4.69, 9.17) is 4.74 Å². The highest BCUT2D eigenvalue weighted by Crippen LogP contribution is 2.25. The Morgan fingerprint density at radius 3 is 2.61 bits per heavy atom. The summed E-state index contributed by atoms with van der Waals surface area (Å²) in [6, 6.07) is 6.77. The lowest BCUT2D eigenvalue weighted by atomic mass is 9.93. The molecule has 7 heteroatoms. The number of benzene rings is 1. The summed E-state index contributed by atoms with van der Waals surface area (Å²) >= 11 is 3.34. The van der Waals surface area contributed by atoms with Crippen LogP contribution in [0.2, 0.25) is 0 Å². The molecule has 0 aromatic heterocycles. The number of rotatable bonds is 7. The van der Waals surface area contributed by atoms with Crippen LogP contribution in [0.25, 0.3) is 0 Å². The first-order chi connectivity index (χ1) is 10.9. The van der Waals surface area contributed by atoms with E-state index >= 15 is 0 Å². The molecule has 23 heavy (non-hydrogen) atoms. The van der Waals surface area contributed by atoms with E-state index in [0.29, 0.717) is 18.6 Å². The molecule has 1 saturated heterocycles. The third kappa shape index (κ3) is 3.84. The van der Waals surface area contributed by atoms with Crippen LogP contribution < -0.4 is 10.1 Å². The quantitative estimate of drug-likeness (QED) is 0.706. The molecule has 1 heterocycles. The Bertz CT molecular complexity index is 589. The molecule has 1 aromatic rings. The molecule has 2 N–H and O–H groups in total. The molecule has 1 aliphatic heterocycles. The molecule has 0 bridgehead atoms. The summed E-state index contributed by atoms with van der Waals surface area (Å²) in [4.78, 5) is 25.5. The fourth-order valence-corrected chi connectivity index (χ4v) is 2.96.